The number of ether oxygens (including phenoxy) is 3. The summed E-state index contributed by atoms with van der Waals surface area (Å²) in [5, 5.41) is 27.5. The smallest absolute Gasteiger partial charge is 0.335 e. The lowest BCUT2D eigenvalue weighted by Crippen LogP contribution is -2.25. The summed E-state index contributed by atoms with van der Waals surface area (Å²) in [5.74, 6) is -2.00. The van der Waals surface area contributed by atoms with Gasteiger partial charge >= 0.3 is 11.9 Å². The van der Waals surface area contributed by atoms with Crippen LogP contribution in [-0.4, -0.2) is 54.2 Å². The number of aliphatic hydroxyl groups is 1. The molecular formula is C15H18O8. The number of carbonyl (C=O) groups is 2. The molecule has 1 unspecified atom stereocenters. The fourth-order valence-electron chi connectivity index (χ4n) is 1.67. The zero-order valence-electron chi connectivity index (χ0n) is 12.7. The van der Waals surface area contributed by atoms with Crippen LogP contribution in [0.1, 0.15) is 12.0 Å². The van der Waals surface area contributed by atoms with Crippen LogP contribution in [0.25, 0.3) is 6.08 Å². The molecule has 0 amide bonds. The first-order valence-corrected chi connectivity index (χ1v) is 6.57. The topological polar surface area (TPSA) is 123 Å². The number of aliphatic carboxylic acids is 1. The predicted octanol–water partition coefficient (Wildman–Crippen LogP) is 0.801. The summed E-state index contributed by atoms with van der Waals surface area (Å²) >= 11 is 0. The molecule has 0 bridgehead atoms. The monoisotopic (exact) mass is 326 g/mol. The molecule has 0 aliphatic carbocycles. The lowest BCUT2D eigenvalue weighted by atomic mass is 10.1. The molecule has 1 aromatic rings. The molecule has 3 N–H and O–H groups in total. The molecular weight excluding hydrogens is 308 g/mol. The summed E-state index contributed by atoms with van der Waals surface area (Å²) in [5.41, 5.74) is 0.624. The number of carbonyl (C=O) groups excluding carboxylic acids is 1. The first kappa shape index (κ1) is 18.3. The molecule has 126 valence electrons. The number of benzene rings is 1. The van der Waals surface area contributed by atoms with Crippen LogP contribution in [0, 0.1) is 0 Å². The van der Waals surface area contributed by atoms with Crippen molar-refractivity contribution in [3.63, 3.8) is 0 Å². The second-order valence-electron chi connectivity index (χ2n) is 4.42. The van der Waals surface area contributed by atoms with E-state index in [1.54, 1.807) is 18.2 Å². The number of aliphatic hydroxyl groups excluding tert-OH is 1. The van der Waals surface area contributed by atoms with E-state index in [9.17, 15) is 19.8 Å². The number of phenols is 1. The van der Waals surface area contributed by atoms with E-state index in [1.165, 1.54) is 20.3 Å². The minimum Gasteiger partial charge on any atom is -0.502 e. The third-order valence-electron chi connectivity index (χ3n) is 2.77. The van der Waals surface area contributed by atoms with Crippen LogP contribution in [0.3, 0.4) is 0 Å². The van der Waals surface area contributed by atoms with E-state index in [-0.39, 0.29) is 23.9 Å². The van der Waals surface area contributed by atoms with E-state index < -0.39 is 24.5 Å². The Kier molecular flexibility index (Phi) is 6.88. The second kappa shape index (κ2) is 8.64. The second-order valence-corrected chi connectivity index (χ2v) is 4.42. The fourth-order valence-corrected chi connectivity index (χ4v) is 1.67. The number of hydrogen-bond donors (Lipinski definition) is 3. The van der Waals surface area contributed by atoms with Crippen LogP contribution < -0.4 is 9.47 Å². The van der Waals surface area contributed by atoms with E-state index >= 15 is 0 Å². The molecule has 8 nitrogen and oxygen atoms in total. The number of esters is 1. The number of rotatable bonds is 8. The van der Waals surface area contributed by atoms with Crippen molar-refractivity contribution >= 4 is 18.0 Å². The Morgan fingerprint density at radius 3 is 2.26 bits per heavy atom. The van der Waals surface area contributed by atoms with Gasteiger partial charge in [-0.15, -0.1) is 0 Å². The number of carboxylic acids is 1. The van der Waals surface area contributed by atoms with Crippen molar-refractivity contribution in [1.82, 2.24) is 0 Å². The molecule has 8 heteroatoms. The summed E-state index contributed by atoms with van der Waals surface area (Å²) in [7, 11) is 2.79. The van der Waals surface area contributed by atoms with Crippen molar-refractivity contribution in [3.8, 4) is 17.2 Å². The van der Waals surface area contributed by atoms with E-state index in [0.717, 1.165) is 0 Å². The average molecular weight is 326 g/mol. The first-order chi connectivity index (χ1) is 10.9. The van der Waals surface area contributed by atoms with Crippen molar-refractivity contribution in [2.45, 2.75) is 12.5 Å². The summed E-state index contributed by atoms with van der Waals surface area (Å²) < 4.78 is 14.7. The Bertz CT molecular complexity index is 568. The summed E-state index contributed by atoms with van der Waals surface area (Å²) in [4.78, 5) is 21.6. The van der Waals surface area contributed by atoms with Crippen molar-refractivity contribution in [2.24, 2.45) is 0 Å². The maximum atomic E-state index is 11.3. The van der Waals surface area contributed by atoms with Crippen LogP contribution >= 0.6 is 0 Å². The van der Waals surface area contributed by atoms with Crippen LogP contribution in [0.15, 0.2) is 18.2 Å². The standard InChI is InChI=1S/C15H18O8/c1-21-11-6-9(7-12(22-2)14(11)19)4-3-5-23-15(20)10(16)8-13(17)18/h3-4,6-7,10,16,19H,5,8H2,1-2H3,(H,17,18). The Labute approximate surface area is 132 Å². The van der Waals surface area contributed by atoms with Gasteiger partial charge in [-0.25, -0.2) is 4.79 Å². The van der Waals surface area contributed by atoms with Crippen LogP contribution in [-0.2, 0) is 14.3 Å². The maximum Gasteiger partial charge on any atom is 0.335 e. The molecule has 1 aromatic carbocycles. The largest absolute Gasteiger partial charge is 0.502 e. The molecule has 0 aromatic heterocycles. The lowest BCUT2D eigenvalue weighted by Gasteiger charge is -2.09. The Morgan fingerprint density at radius 1 is 1.22 bits per heavy atom. The molecule has 0 saturated carbocycles. The van der Waals surface area contributed by atoms with Crippen LogP contribution in [0.5, 0.6) is 17.2 Å². The maximum absolute atomic E-state index is 11.3. The SMILES string of the molecule is COc1cc(C=CCOC(=O)C(O)CC(=O)O)cc(OC)c1O. The number of hydrogen-bond acceptors (Lipinski definition) is 7. The highest BCUT2D eigenvalue weighted by molar-refractivity contribution is 5.80. The molecule has 0 aliphatic rings. The van der Waals surface area contributed by atoms with Gasteiger partial charge in [0, 0.05) is 0 Å². The fraction of sp³-hybridized carbons (Fsp3) is 0.333. The normalized spacial score (nSPS) is 12.0. The van der Waals surface area contributed by atoms with E-state index in [4.69, 9.17) is 19.3 Å². The van der Waals surface area contributed by atoms with E-state index in [1.807, 2.05) is 0 Å². The van der Waals surface area contributed by atoms with Crippen molar-refractivity contribution < 1.29 is 39.1 Å². The highest BCUT2D eigenvalue weighted by Gasteiger charge is 2.19. The highest BCUT2D eigenvalue weighted by Crippen LogP contribution is 2.37. The minimum atomic E-state index is -1.70. The molecule has 0 fully saturated rings. The molecule has 0 radical (unpaired) electrons. The van der Waals surface area contributed by atoms with Gasteiger partial charge in [0.1, 0.15) is 6.61 Å². The third kappa shape index (κ3) is 5.51. The van der Waals surface area contributed by atoms with Gasteiger partial charge in [0.25, 0.3) is 0 Å². The molecule has 0 heterocycles. The van der Waals surface area contributed by atoms with E-state index in [0.29, 0.717) is 5.56 Å². The van der Waals surface area contributed by atoms with Gasteiger partial charge in [-0.3, -0.25) is 4.79 Å². The van der Waals surface area contributed by atoms with Crippen LogP contribution in [0.4, 0.5) is 0 Å². The quantitative estimate of drug-likeness (QED) is 0.600. The Hall–Kier alpha value is -2.74. The van der Waals surface area contributed by atoms with Crippen LogP contribution in [0.2, 0.25) is 0 Å². The van der Waals surface area contributed by atoms with Crippen molar-refractivity contribution in [2.75, 3.05) is 20.8 Å². The molecule has 0 spiro atoms. The molecule has 0 aliphatic heterocycles. The molecule has 0 saturated heterocycles. The average Bonchev–Trinajstić information content (AvgIpc) is 2.51. The molecule has 1 rings (SSSR count). The van der Waals surface area contributed by atoms with E-state index in [2.05, 4.69) is 0 Å². The number of phenolic OH excluding ortho intramolecular Hbond substituents is 1. The number of methoxy groups -OCH3 is 2. The minimum absolute atomic E-state index is 0.129. The predicted molar refractivity (Wildman–Crippen MR) is 79.5 cm³/mol. The number of aromatic hydroxyl groups is 1. The zero-order chi connectivity index (χ0) is 17.4. The highest BCUT2D eigenvalue weighted by atomic mass is 16.5. The van der Waals surface area contributed by atoms with Gasteiger partial charge in [0.15, 0.2) is 17.6 Å². The lowest BCUT2D eigenvalue weighted by molar-refractivity contribution is -0.157. The summed E-state index contributed by atoms with van der Waals surface area (Å²) in [6, 6.07) is 3.10. The zero-order valence-corrected chi connectivity index (χ0v) is 12.7. The van der Waals surface area contributed by atoms with Gasteiger partial charge < -0.3 is 29.5 Å². The number of carboxylic acid groups (broad SMARTS) is 1. The Morgan fingerprint density at radius 2 is 1.78 bits per heavy atom. The first-order valence-electron chi connectivity index (χ1n) is 6.57. The third-order valence-corrected chi connectivity index (χ3v) is 2.77. The van der Waals surface area contributed by atoms with Gasteiger partial charge in [0.05, 0.1) is 20.6 Å². The van der Waals surface area contributed by atoms with Gasteiger partial charge in [0.2, 0.25) is 5.75 Å². The van der Waals surface area contributed by atoms with Crippen molar-refractivity contribution in [1.29, 1.82) is 0 Å². The summed E-state index contributed by atoms with van der Waals surface area (Å²) in [6.45, 7) is -0.152. The van der Waals surface area contributed by atoms with Crippen molar-refractivity contribution in [3.05, 3.63) is 23.8 Å². The van der Waals surface area contributed by atoms with Gasteiger partial charge in [-0.2, -0.15) is 0 Å². The molecule has 1 atom stereocenters. The molecule has 23 heavy (non-hydrogen) atoms. The Balaban J connectivity index is 2.65. The van der Waals surface area contributed by atoms with Gasteiger partial charge in [-0.05, 0) is 23.8 Å². The summed E-state index contributed by atoms with van der Waals surface area (Å²) in [6.07, 6.45) is 0.655. The van der Waals surface area contributed by atoms with Gasteiger partial charge in [-0.1, -0.05) is 6.08 Å².